The molecule has 1 aliphatic carbocycles. The second kappa shape index (κ2) is 5.89. The molecule has 1 aromatic heterocycles. The Bertz CT molecular complexity index is 514. The SMILES string of the molecule is NC1CCC2CN(C(=O)CCNC(=O)c3ccco3)CC12. The van der Waals surface area contributed by atoms with Crippen molar-refractivity contribution in [2.75, 3.05) is 19.6 Å². The number of carbonyl (C=O) groups is 2. The van der Waals surface area contributed by atoms with Gasteiger partial charge in [0.25, 0.3) is 5.91 Å². The monoisotopic (exact) mass is 291 g/mol. The van der Waals surface area contributed by atoms with Crippen LogP contribution in [0.15, 0.2) is 22.8 Å². The molecule has 1 aromatic rings. The van der Waals surface area contributed by atoms with Crippen LogP contribution in [0.25, 0.3) is 0 Å². The van der Waals surface area contributed by atoms with E-state index in [9.17, 15) is 9.59 Å². The van der Waals surface area contributed by atoms with E-state index in [0.29, 0.717) is 24.8 Å². The van der Waals surface area contributed by atoms with Gasteiger partial charge in [0.2, 0.25) is 5.91 Å². The minimum atomic E-state index is -0.284. The van der Waals surface area contributed by atoms with Gasteiger partial charge in [-0.05, 0) is 36.8 Å². The summed E-state index contributed by atoms with van der Waals surface area (Å²) in [6, 6.07) is 3.50. The van der Waals surface area contributed by atoms with Crippen LogP contribution in [0, 0.1) is 11.8 Å². The van der Waals surface area contributed by atoms with E-state index in [0.717, 1.165) is 25.9 Å². The normalized spacial score (nSPS) is 27.7. The highest BCUT2D eigenvalue weighted by atomic mass is 16.3. The fourth-order valence-electron chi connectivity index (χ4n) is 3.45. The van der Waals surface area contributed by atoms with Crippen molar-refractivity contribution in [3.63, 3.8) is 0 Å². The maximum atomic E-state index is 12.2. The first-order valence-corrected chi connectivity index (χ1v) is 7.50. The van der Waals surface area contributed by atoms with Crippen molar-refractivity contribution in [1.82, 2.24) is 10.2 Å². The van der Waals surface area contributed by atoms with Crippen LogP contribution >= 0.6 is 0 Å². The second-order valence-corrected chi connectivity index (χ2v) is 5.95. The van der Waals surface area contributed by atoms with Crippen LogP contribution in [0.1, 0.15) is 29.8 Å². The Morgan fingerprint density at radius 1 is 1.38 bits per heavy atom. The Balaban J connectivity index is 1.42. The Hall–Kier alpha value is -1.82. The summed E-state index contributed by atoms with van der Waals surface area (Å²) in [6.45, 7) is 1.93. The number of likely N-dealkylation sites (tertiary alicyclic amines) is 1. The maximum absolute atomic E-state index is 12.2. The van der Waals surface area contributed by atoms with Crippen LogP contribution in [-0.2, 0) is 4.79 Å². The van der Waals surface area contributed by atoms with Crippen molar-refractivity contribution in [2.45, 2.75) is 25.3 Å². The van der Waals surface area contributed by atoms with Gasteiger partial charge in [-0.1, -0.05) is 0 Å². The number of nitrogens with one attached hydrogen (secondary N) is 1. The molecule has 0 radical (unpaired) electrons. The van der Waals surface area contributed by atoms with E-state index in [4.69, 9.17) is 10.2 Å². The summed E-state index contributed by atoms with van der Waals surface area (Å²) in [5.41, 5.74) is 6.07. The third-order valence-electron chi connectivity index (χ3n) is 4.63. The smallest absolute Gasteiger partial charge is 0.286 e. The van der Waals surface area contributed by atoms with Crippen LogP contribution in [0.3, 0.4) is 0 Å². The summed E-state index contributed by atoms with van der Waals surface area (Å²) < 4.78 is 4.99. The minimum absolute atomic E-state index is 0.0938. The molecule has 21 heavy (non-hydrogen) atoms. The zero-order valence-corrected chi connectivity index (χ0v) is 12.0. The van der Waals surface area contributed by atoms with Gasteiger partial charge in [-0.15, -0.1) is 0 Å². The van der Waals surface area contributed by atoms with Crippen molar-refractivity contribution in [2.24, 2.45) is 17.6 Å². The number of amides is 2. The molecule has 1 aliphatic heterocycles. The molecular weight excluding hydrogens is 270 g/mol. The first kappa shape index (κ1) is 14.1. The molecule has 1 saturated carbocycles. The van der Waals surface area contributed by atoms with Gasteiger partial charge < -0.3 is 20.4 Å². The molecule has 2 heterocycles. The number of nitrogens with two attached hydrogens (primary N) is 1. The molecule has 2 aliphatic rings. The number of furan rings is 1. The lowest BCUT2D eigenvalue weighted by Gasteiger charge is -2.18. The lowest BCUT2D eigenvalue weighted by Crippen LogP contribution is -2.35. The molecule has 0 spiro atoms. The van der Waals surface area contributed by atoms with Gasteiger partial charge >= 0.3 is 0 Å². The van der Waals surface area contributed by atoms with Gasteiger partial charge in [0, 0.05) is 32.1 Å². The second-order valence-electron chi connectivity index (χ2n) is 5.95. The quantitative estimate of drug-likeness (QED) is 0.850. The van der Waals surface area contributed by atoms with Crippen LogP contribution < -0.4 is 11.1 Å². The molecule has 2 amide bonds. The lowest BCUT2D eigenvalue weighted by molar-refractivity contribution is -0.130. The van der Waals surface area contributed by atoms with Gasteiger partial charge in [-0.25, -0.2) is 0 Å². The summed E-state index contributed by atoms with van der Waals surface area (Å²) >= 11 is 0. The first-order chi connectivity index (χ1) is 10.1. The summed E-state index contributed by atoms with van der Waals surface area (Å²) in [4.78, 5) is 25.7. The Morgan fingerprint density at radius 2 is 2.24 bits per heavy atom. The predicted molar refractivity (Wildman–Crippen MR) is 76.4 cm³/mol. The van der Waals surface area contributed by atoms with E-state index < -0.39 is 0 Å². The molecule has 3 N–H and O–H groups in total. The van der Waals surface area contributed by atoms with E-state index in [1.165, 1.54) is 6.26 Å². The molecule has 2 fully saturated rings. The summed E-state index contributed by atoms with van der Waals surface area (Å²) in [6.07, 6.45) is 3.98. The maximum Gasteiger partial charge on any atom is 0.286 e. The van der Waals surface area contributed by atoms with Crippen LogP contribution in [-0.4, -0.2) is 42.4 Å². The third-order valence-corrected chi connectivity index (χ3v) is 4.63. The highest BCUT2D eigenvalue weighted by molar-refractivity contribution is 5.91. The van der Waals surface area contributed by atoms with Crippen molar-refractivity contribution in [1.29, 1.82) is 0 Å². The highest BCUT2D eigenvalue weighted by Gasteiger charge is 2.42. The number of hydrogen-bond acceptors (Lipinski definition) is 4. The molecule has 3 rings (SSSR count). The molecule has 1 saturated heterocycles. The summed E-state index contributed by atoms with van der Waals surface area (Å²) in [7, 11) is 0. The fraction of sp³-hybridized carbons (Fsp3) is 0.600. The van der Waals surface area contributed by atoms with Crippen LogP contribution in [0.4, 0.5) is 0 Å². The molecule has 3 unspecified atom stereocenters. The van der Waals surface area contributed by atoms with Crippen molar-refractivity contribution >= 4 is 11.8 Å². The zero-order chi connectivity index (χ0) is 14.8. The average Bonchev–Trinajstić information content (AvgIpc) is 3.17. The van der Waals surface area contributed by atoms with Crippen molar-refractivity contribution in [3.05, 3.63) is 24.2 Å². The molecular formula is C15H21N3O3. The largest absolute Gasteiger partial charge is 0.459 e. The van der Waals surface area contributed by atoms with Gasteiger partial charge in [-0.2, -0.15) is 0 Å². The van der Waals surface area contributed by atoms with E-state index in [-0.39, 0.29) is 23.6 Å². The van der Waals surface area contributed by atoms with Gasteiger partial charge in [-0.3, -0.25) is 9.59 Å². The van der Waals surface area contributed by atoms with E-state index in [1.54, 1.807) is 12.1 Å². The van der Waals surface area contributed by atoms with E-state index in [2.05, 4.69) is 5.32 Å². The third kappa shape index (κ3) is 2.95. The standard InChI is InChI=1S/C15H21N3O3/c16-12-4-3-10-8-18(9-11(10)12)14(19)5-6-17-15(20)13-2-1-7-21-13/h1-2,7,10-12H,3-6,8-9,16H2,(H,17,20). The van der Waals surface area contributed by atoms with Crippen molar-refractivity contribution < 1.29 is 14.0 Å². The number of rotatable bonds is 4. The minimum Gasteiger partial charge on any atom is -0.459 e. The Morgan fingerprint density at radius 3 is 2.95 bits per heavy atom. The molecule has 0 aromatic carbocycles. The topological polar surface area (TPSA) is 88.6 Å². The number of hydrogen-bond donors (Lipinski definition) is 2. The highest BCUT2D eigenvalue weighted by Crippen LogP contribution is 2.37. The van der Waals surface area contributed by atoms with Crippen LogP contribution in [0.2, 0.25) is 0 Å². The van der Waals surface area contributed by atoms with Crippen LogP contribution in [0.5, 0.6) is 0 Å². The number of carbonyl (C=O) groups excluding carboxylic acids is 2. The summed E-state index contributed by atoms with van der Waals surface area (Å²) in [5.74, 6) is 1.11. The van der Waals surface area contributed by atoms with E-state index >= 15 is 0 Å². The first-order valence-electron chi connectivity index (χ1n) is 7.50. The molecule has 3 atom stereocenters. The molecule has 6 heteroatoms. The lowest BCUT2D eigenvalue weighted by atomic mass is 9.98. The predicted octanol–water partition coefficient (Wildman–Crippen LogP) is 0.595. The zero-order valence-electron chi connectivity index (χ0n) is 12.0. The molecule has 114 valence electrons. The molecule has 0 bridgehead atoms. The molecule has 6 nitrogen and oxygen atoms in total. The Labute approximate surface area is 123 Å². The summed E-state index contributed by atoms with van der Waals surface area (Å²) in [5, 5.41) is 2.69. The van der Waals surface area contributed by atoms with Crippen molar-refractivity contribution in [3.8, 4) is 0 Å². The van der Waals surface area contributed by atoms with Gasteiger partial charge in [0.1, 0.15) is 0 Å². The number of nitrogens with zero attached hydrogens (tertiary/aromatic N) is 1. The Kier molecular flexibility index (Phi) is 3.96. The number of fused-ring (bicyclic) bond motifs is 1. The fourth-order valence-corrected chi connectivity index (χ4v) is 3.45. The van der Waals surface area contributed by atoms with Gasteiger partial charge in [0.05, 0.1) is 6.26 Å². The van der Waals surface area contributed by atoms with Gasteiger partial charge in [0.15, 0.2) is 5.76 Å². The van der Waals surface area contributed by atoms with E-state index in [1.807, 2.05) is 4.90 Å². The average molecular weight is 291 g/mol.